The van der Waals surface area contributed by atoms with Gasteiger partial charge in [-0.15, -0.1) is 0 Å². The molecule has 0 bridgehead atoms. The normalized spacial score (nSPS) is 26.0. The maximum atomic E-state index is 11.9. The quantitative estimate of drug-likeness (QED) is 0.466. The van der Waals surface area contributed by atoms with Crippen LogP contribution in [0.4, 0.5) is 0 Å². The molecule has 4 nitrogen and oxygen atoms in total. The molecule has 2 atom stereocenters. The summed E-state index contributed by atoms with van der Waals surface area (Å²) in [5.41, 5.74) is -1.15. The van der Waals surface area contributed by atoms with Crippen LogP contribution >= 0.6 is 0 Å². The average Bonchev–Trinajstić information content (AvgIpc) is 2.74. The Morgan fingerprint density at radius 3 is 2.79 bits per heavy atom. The van der Waals surface area contributed by atoms with Gasteiger partial charge in [-0.25, -0.2) is 0 Å². The summed E-state index contributed by atoms with van der Waals surface area (Å²) in [6, 6.07) is 10.1. The van der Waals surface area contributed by atoms with Crippen molar-refractivity contribution in [2.24, 2.45) is 11.3 Å². The van der Waals surface area contributed by atoms with Gasteiger partial charge >= 0.3 is 118 Å². The Morgan fingerprint density at radius 1 is 1.47 bits per heavy atom. The first-order chi connectivity index (χ1) is 9.09. The third kappa shape index (κ3) is 2.67. The van der Waals surface area contributed by atoms with Crippen LogP contribution in [0.5, 0.6) is 0 Å². The first kappa shape index (κ1) is 14.1. The standard InChI is InChI=1S/C14H16O4Se/c1-14(12(15)17-2)10(8-18-13(14)16)9-19-11-6-4-3-5-7-11/h3-7,10H,8-9H2,1-2H3. The van der Waals surface area contributed by atoms with Crippen LogP contribution in [-0.4, -0.2) is 40.6 Å². The molecule has 1 aliphatic rings. The molecular formula is C14H16O4Se. The first-order valence-electron chi connectivity index (χ1n) is 6.02. The molecule has 1 heterocycles. The van der Waals surface area contributed by atoms with Crippen molar-refractivity contribution in [2.75, 3.05) is 13.7 Å². The summed E-state index contributed by atoms with van der Waals surface area (Å²) in [7, 11) is 1.30. The zero-order valence-electron chi connectivity index (χ0n) is 10.9. The summed E-state index contributed by atoms with van der Waals surface area (Å²) in [6.45, 7) is 1.93. The number of esters is 2. The van der Waals surface area contributed by atoms with Crippen molar-refractivity contribution >= 4 is 31.4 Å². The number of rotatable bonds is 4. The zero-order chi connectivity index (χ0) is 13.9. The number of cyclic esters (lactones) is 1. The second kappa shape index (κ2) is 5.76. The monoisotopic (exact) mass is 328 g/mol. The van der Waals surface area contributed by atoms with Crippen molar-refractivity contribution in [1.82, 2.24) is 0 Å². The molecule has 0 radical (unpaired) electrons. The molecule has 102 valence electrons. The summed E-state index contributed by atoms with van der Waals surface area (Å²) in [6.07, 6.45) is 0. The van der Waals surface area contributed by atoms with E-state index in [1.807, 2.05) is 18.2 Å². The topological polar surface area (TPSA) is 52.6 Å². The zero-order valence-corrected chi connectivity index (χ0v) is 12.6. The Kier molecular flexibility index (Phi) is 4.27. The van der Waals surface area contributed by atoms with Crippen LogP contribution in [0.3, 0.4) is 0 Å². The Bertz CT molecular complexity index is 474. The molecule has 1 aromatic rings. The molecule has 1 fully saturated rings. The minimum absolute atomic E-state index is 0.104. The van der Waals surface area contributed by atoms with E-state index >= 15 is 0 Å². The van der Waals surface area contributed by atoms with Crippen molar-refractivity contribution in [2.45, 2.75) is 12.2 Å². The van der Waals surface area contributed by atoms with E-state index in [2.05, 4.69) is 12.1 Å². The van der Waals surface area contributed by atoms with Crippen LogP contribution in [0.15, 0.2) is 30.3 Å². The number of hydrogen-bond donors (Lipinski definition) is 0. The van der Waals surface area contributed by atoms with Crippen LogP contribution in [-0.2, 0) is 19.1 Å². The molecule has 0 aliphatic carbocycles. The number of methoxy groups -OCH3 is 1. The fourth-order valence-electron chi connectivity index (χ4n) is 2.05. The second-order valence-corrected chi connectivity index (χ2v) is 6.91. The summed E-state index contributed by atoms with van der Waals surface area (Å²) in [5, 5.41) is 0.786. The molecule has 1 aliphatic heterocycles. The van der Waals surface area contributed by atoms with Gasteiger partial charge in [-0.3, -0.25) is 0 Å². The molecule has 0 spiro atoms. The Hall–Kier alpha value is -1.32. The first-order valence-corrected chi connectivity index (χ1v) is 8.09. The van der Waals surface area contributed by atoms with Gasteiger partial charge in [0.15, 0.2) is 0 Å². The molecule has 5 heteroatoms. The van der Waals surface area contributed by atoms with E-state index in [1.54, 1.807) is 6.92 Å². The van der Waals surface area contributed by atoms with Crippen LogP contribution in [0.2, 0.25) is 5.32 Å². The van der Waals surface area contributed by atoms with Gasteiger partial charge in [0.05, 0.1) is 0 Å². The number of benzene rings is 1. The van der Waals surface area contributed by atoms with Gasteiger partial charge in [0.1, 0.15) is 0 Å². The van der Waals surface area contributed by atoms with E-state index in [0.717, 1.165) is 5.32 Å². The van der Waals surface area contributed by atoms with Crippen LogP contribution < -0.4 is 4.46 Å². The Morgan fingerprint density at radius 2 is 2.16 bits per heavy atom. The van der Waals surface area contributed by atoms with Crippen LogP contribution in [0.1, 0.15) is 6.92 Å². The average molecular weight is 327 g/mol. The molecule has 1 aromatic carbocycles. The second-order valence-electron chi connectivity index (χ2n) is 4.61. The van der Waals surface area contributed by atoms with Gasteiger partial charge in [0.2, 0.25) is 0 Å². The molecule has 1 saturated heterocycles. The molecule has 0 aromatic heterocycles. The molecule has 0 amide bonds. The van der Waals surface area contributed by atoms with E-state index < -0.39 is 17.4 Å². The number of carbonyl (C=O) groups excluding carboxylic acids is 2. The van der Waals surface area contributed by atoms with Crippen molar-refractivity contribution in [3.8, 4) is 0 Å². The summed E-state index contributed by atoms with van der Waals surface area (Å²) >= 11 is 0.217. The van der Waals surface area contributed by atoms with Crippen molar-refractivity contribution < 1.29 is 19.1 Å². The number of carbonyl (C=O) groups is 2. The van der Waals surface area contributed by atoms with Crippen molar-refractivity contribution in [3.63, 3.8) is 0 Å². The van der Waals surface area contributed by atoms with E-state index in [0.29, 0.717) is 6.61 Å². The van der Waals surface area contributed by atoms with E-state index in [-0.39, 0.29) is 20.9 Å². The molecule has 0 saturated carbocycles. The maximum absolute atomic E-state index is 11.9. The third-order valence-corrected chi connectivity index (χ3v) is 5.92. The number of ether oxygens (including phenoxy) is 2. The predicted octanol–water partition coefficient (Wildman–Crippen LogP) is 0.787. The Labute approximate surface area is 118 Å². The summed E-state index contributed by atoms with van der Waals surface area (Å²) in [5.74, 6) is -1.07. The van der Waals surface area contributed by atoms with Gasteiger partial charge in [0.25, 0.3) is 0 Å². The molecule has 2 unspecified atom stereocenters. The predicted molar refractivity (Wildman–Crippen MR) is 71.2 cm³/mol. The van der Waals surface area contributed by atoms with E-state index in [9.17, 15) is 9.59 Å². The Balaban J connectivity index is 2.07. The summed E-state index contributed by atoms with van der Waals surface area (Å²) in [4.78, 5) is 23.7. The minimum atomic E-state index is -1.15. The SMILES string of the molecule is COC(=O)C1(C)C(=O)OCC1C[Se]c1ccccc1. The summed E-state index contributed by atoms with van der Waals surface area (Å²) < 4.78 is 11.1. The fourth-order valence-corrected chi connectivity index (χ4v) is 4.51. The number of hydrogen-bond acceptors (Lipinski definition) is 4. The van der Waals surface area contributed by atoms with Crippen LogP contribution in [0.25, 0.3) is 0 Å². The molecule has 19 heavy (non-hydrogen) atoms. The van der Waals surface area contributed by atoms with E-state index in [1.165, 1.54) is 11.6 Å². The van der Waals surface area contributed by atoms with Crippen LogP contribution in [0, 0.1) is 11.3 Å². The molecule has 2 rings (SSSR count). The fraction of sp³-hybridized carbons (Fsp3) is 0.429. The van der Waals surface area contributed by atoms with Gasteiger partial charge in [-0.05, 0) is 0 Å². The van der Waals surface area contributed by atoms with E-state index in [4.69, 9.17) is 9.47 Å². The third-order valence-electron chi connectivity index (χ3n) is 3.46. The van der Waals surface area contributed by atoms with Crippen molar-refractivity contribution in [3.05, 3.63) is 30.3 Å². The van der Waals surface area contributed by atoms with Gasteiger partial charge in [-0.2, -0.15) is 0 Å². The van der Waals surface area contributed by atoms with Crippen molar-refractivity contribution in [1.29, 1.82) is 0 Å². The molecule has 0 N–H and O–H groups in total. The van der Waals surface area contributed by atoms with Gasteiger partial charge < -0.3 is 0 Å². The van der Waals surface area contributed by atoms with Gasteiger partial charge in [0, 0.05) is 0 Å². The molecular weight excluding hydrogens is 311 g/mol. The van der Waals surface area contributed by atoms with Gasteiger partial charge in [-0.1, -0.05) is 0 Å².